The van der Waals surface area contributed by atoms with Crippen LogP contribution in [0.25, 0.3) is 27.7 Å². The van der Waals surface area contributed by atoms with Crippen LogP contribution in [0.3, 0.4) is 0 Å². The van der Waals surface area contributed by atoms with Gasteiger partial charge in [0, 0.05) is 23.9 Å². The Morgan fingerprint density at radius 2 is 1.44 bits per heavy atom. The van der Waals surface area contributed by atoms with Crippen molar-refractivity contribution in [2.24, 2.45) is 0 Å². The number of rotatable bonds is 7. The quantitative estimate of drug-likeness (QED) is 0.292. The van der Waals surface area contributed by atoms with Crippen LogP contribution in [0.1, 0.15) is 0 Å². The van der Waals surface area contributed by atoms with E-state index in [1.165, 1.54) is 44.1 Å². The Balaban J connectivity index is 2.17. The number of benzene rings is 3. The van der Waals surface area contributed by atoms with E-state index in [1.54, 1.807) is 49.6 Å². The third-order valence-corrected chi connectivity index (χ3v) is 5.50. The molecule has 0 N–H and O–H groups in total. The molecule has 0 bridgehead atoms. The van der Waals surface area contributed by atoms with Crippen molar-refractivity contribution >= 4 is 16.5 Å². The molecule has 0 unspecified atom stereocenters. The van der Waals surface area contributed by atoms with E-state index in [-0.39, 0.29) is 11.2 Å². The lowest BCUT2D eigenvalue weighted by Gasteiger charge is -2.21. The second-order valence-electron chi connectivity index (χ2n) is 7.28. The number of nitro benzene ring substituents is 1. The molecule has 0 saturated carbocycles. The van der Waals surface area contributed by atoms with Gasteiger partial charge in [-0.1, -0.05) is 0 Å². The summed E-state index contributed by atoms with van der Waals surface area (Å²) in [6.07, 6.45) is 0. The maximum atomic E-state index is 13.4. The number of hydrogen-bond acceptors (Lipinski definition) is 7. The molecule has 9 heteroatoms. The number of fused-ring (bicyclic) bond motifs is 1. The topological polar surface area (TPSA) is 102 Å². The van der Waals surface area contributed by atoms with Gasteiger partial charge in [0.2, 0.25) is 5.75 Å². The summed E-state index contributed by atoms with van der Waals surface area (Å²) in [6, 6.07) is 16.2. The van der Waals surface area contributed by atoms with Crippen molar-refractivity contribution in [2.75, 3.05) is 28.4 Å². The molecule has 9 nitrogen and oxygen atoms in total. The summed E-state index contributed by atoms with van der Waals surface area (Å²) in [5.74, 6) is 1.77. The summed E-state index contributed by atoms with van der Waals surface area (Å²) in [4.78, 5) is 24.2. The van der Waals surface area contributed by atoms with Crippen molar-refractivity contribution in [3.63, 3.8) is 0 Å². The van der Waals surface area contributed by atoms with Gasteiger partial charge in [-0.2, -0.15) is 0 Å². The number of pyridine rings is 1. The zero-order chi connectivity index (χ0) is 24.4. The van der Waals surface area contributed by atoms with Crippen LogP contribution in [0, 0.1) is 10.1 Å². The van der Waals surface area contributed by atoms with Crippen LogP contribution < -0.4 is 24.5 Å². The van der Waals surface area contributed by atoms with Crippen molar-refractivity contribution in [2.45, 2.75) is 0 Å². The van der Waals surface area contributed by atoms with Gasteiger partial charge in [0.1, 0.15) is 5.75 Å². The van der Waals surface area contributed by atoms with Crippen LogP contribution in [0.4, 0.5) is 5.69 Å². The fourth-order valence-electron chi connectivity index (χ4n) is 3.95. The smallest absolute Gasteiger partial charge is 0.269 e. The van der Waals surface area contributed by atoms with Gasteiger partial charge in [0.25, 0.3) is 11.2 Å². The van der Waals surface area contributed by atoms with Crippen LogP contribution in [-0.2, 0) is 0 Å². The maximum Gasteiger partial charge on any atom is 0.269 e. The largest absolute Gasteiger partial charge is 0.497 e. The SMILES string of the molecule is COc1ccc(-n2c(-c3ccc([N+](=O)[O-])cc3)c3c(OC)c(OC)c(OC)cc3cc2=O)cc1. The summed E-state index contributed by atoms with van der Waals surface area (Å²) in [5.41, 5.74) is 1.28. The predicted molar refractivity (Wildman–Crippen MR) is 128 cm³/mol. The second-order valence-corrected chi connectivity index (χ2v) is 7.28. The molecule has 0 amide bonds. The Morgan fingerprint density at radius 1 is 0.794 bits per heavy atom. The molecule has 0 aliphatic rings. The molecule has 3 aromatic carbocycles. The highest BCUT2D eigenvalue weighted by molar-refractivity contribution is 6.03. The van der Waals surface area contributed by atoms with E-state index in [9.17, 15) is 14.9 Å². The standard InChI is InChI=1S/C25H22N2O7/c1-31-19-11-9-17(10-12-19)26-21(28)14-16-13-20(32-2)24(33-3)25(34-4)22(16)23(26)15-5-7-18(8-6-15)27(29)30/h5-14H,1-4H3. The van der Waals surface area contributed by atoms with Gasteiger partial charge in [0.05, 0.1) is 44.4 Å². The van der Waals surface area contributed by atoms with Gasteiger partial charge in [-0.3, -0.25) is 19.5 Å². The minimum absolute atomic E-state index is 0.0615. The van der Waals surface area contributed by atoms with Gasteiger partial charge < -0.3 is 18.9 Å². The second kappa shape index (κ2) is 9.14. The molecule has 174 valence electrons. The van der Waals surface area contributed by atoms with Crippen molar-refractivity contribution in [1.29, 1.82) is 0 Å². The molecular weight excluding hydrogens is 440 g/mol. The first-order valence-electron chi connectivity index (χ1n) is 10.2. The predicted octanol–water partition coefficient (Wildman–Crippen LogP) is 4.60. The van der Waals surface area contributed by atoms with E-state index in [4.69, 9.17) is 18.9 Å². The minimum Gasteiger partial charge on any atom is -0.497 e. The van der Waals surface area contributed by atoms with Crippen LogP contribution in [0.5, 0.6) is 23.0 Å². The van der Waals surface area contributed by atoms with Crippen LogP contribution in [-0.4, -0.2) is 37.9 Å². The highest BCUT2D eigenvalue weighted by Crippen LogP contribution is 2.46. The summed E-state index contributed by atoms with van der Waals surface area (Å²) in [6.45, 7) is 0. The zero-order valence-electron chi connectivity index (χ0n) is 19.0. The first kappa shape index (κ1) is 22.7. The number of nitro groups is 1. The van der Waals surface area contributed by atoms with Gasteiger partial charge in [-0.05, 0) is 53.4 Å². The van der Waals surface area contributed by atoms with E-state index < -0.39 is 4.92 Å². The molecule has 0 aliphatic carbocycles. The molecule has 4 aromatic rings. The van der Waals surface area contributed by atoms with E-state index in [0.717, 1.165) is 0 Å². The third kappa shape index (κ3) is 3.77. The van der Waals surface area contributed by atoms with Crippen LogP contribution in [0.2, 0.25) is 0 Å². The molecular formula is C25H22N2O7. The molecule has 0 radical (unpaired) electrons. The number of methoxy groups -OCH3 is 4. The molecule has 0 atom stereocenters. The van der Waals surface area contributed by atoms with E-state index in [2.05, 4.69) is 0 Å². The molecule has 0 fully saturated rings. The van der Waals surface area contributed by atoms with Crippen molar-refractivity contribution in [3.8, 4) is 39.9 Å². The van der Waals surface area contributed by atoms with Gasteiger partial charge >= 0.3 is 0 Å². The fourth-order valence-corrected chi connectivity index (χ4v) is 3.95. The lowest BCUT2D eigenvalue weighted by molar-refractivity contribution is -0.384. The number of hydrogen-bond donors (Lipinski definition) is 0. The highest BCUT2D eigenvalue weighted by Gasteiger charge is 2.23. The Hall–Kier alpha value is -4.53. The van der Waals surface area contributed by atoms with E-state index in [0.29, 0.717) is 50.7 Å². The molecule has 1 aromatic heterocycles. The summed E-state index contributed by atoms with van der Waals surface area (Å²) in [5, 5.41) is 12.4. The number of aromatic nitrogens is 1. The van der Waals surface area contributed by atoms with Crippen LogP contribution in [0.15, 0.2) is 65.5 Å². The molecule has 4 rings (SSSR count). The van der Waals surface area contributed by atoms with Gasteiger partial charge in [-0.25, -0.2) is 0 Å². The van der Waals surface area contributed by atoms with Crippen molar-refractivity contribution in [1.82, 2.24) is 4.57 Å². The fraction of sp³-hybridized carbons (Fsp3) is 0.160. The first-order chi connectivity index (χ1) is 16.4. The third-order valence-electron chi connectivity index (χ3n) is 5.50. The molecule has 34 heavy (non-hydrogen) atoms. The first-order valence-corrected chi connectivity index (χ1v) is 10.2. The van der Waals surface area contributed by atoms with E-state index >= 15 is 0 Å². The zero-order valence-corrected chi connectivity index (χ0v) is 19.0. The van der Waals surface area contributed by atoms with Crippen molar-refractivity contribution in [3.05, 3.63) is 81.1 Å². The summed E-state index contributed by atoms with van der Waals surface area (Å²) < 4.78 is 23.5. The van der Waals surface area contributed by atoms with E-state index in [1.807, 2.05) is 0 Å². The van der Waals surface area contributed by atoms with Crippen LogP contribution >= 0.6 is 0 Å². The normalized spacial score (nSPS) is 10.7. The Bertz CT molecular complexity index is 1430. The monoisotopic (exact) mass is 462 g/mol. The molecule has 0 aliphatic heterocycles. The molecule has 0 saturated heterocycles. The Morgan fingerprint density at radius 3 is 1.97 bits per heavy atom. The minimum atomic E-state index is -0.474. The lowest BCUT2D eigenvalue weighted by atomic mass is 10.0. The average Bonchev–Trinajstić information content (AvgIpc) is 2.86. The molecule has 0 spiro atoms. The lowest BCUT2D eigenvalue weighted by Crippen LogP contribution is -2.20. The summed E-state index contributed by atoms with van der Waals surface area (Å²) >= 11 is 0. The Labute approximate surface area is 194 Å². The maximum absolute atomic E-state index is 13.4. The number of ether oxygens (including phenoxy) is 4. The van der Waals surface area contributed by atoms with Gasteiger partial charge in [0.15, 0.2) is 11.5 Å². The number of non-ortho nitro benzene ring substituents is 1. The van der Waals surface area contributed by atoms with Gasteiger partial charge in [-0.15, -0.1) is 0 Å². The molecule has 1 heterocycles. The number of nitrogens with zero attached hydrogens (tertiary/aromatic N) is 2. The Kier molecular flexibility index (Phi) is 6.09. The average molecular weight is 462 g/mol. The van der Waals surface area contributed by atoms with Crippen molar-refractivity contribution < 1.29 is 23.9 Å². The summed E-state index contributed by atoms with van der Waals surface area (Å²) in [7, 11) is 6.05. The highest BCUT2D eigenvalue weighted by atomic mass is 16.6.